The number of carbonyl (C=O) groups excluding carboxylic acids is 2. The van der Waals surface area contributed by atoms with Crippen LogP contribution in [0.25, 0.3) is 5.57 Å². The summed E-state index contributed by atoms with van der Waals surface area (Å²) in [4.78, 5) is 38.1. The van der Waals surface area contributed by atoms with E-state index in [0.29, 0.717) is 16.8 Å². The van der Waals surface area contributed by atoms with Gasteiger partial charge in [-0.25, -0.2) is 9.59 Å². The molecule has 3 amide bonds. The highest BCUT2D eigenvalue weighted by Gasteiger charge is 2.31. The third-order valence-electron chi connectivity index (χ3n) is 7.04. The number of alkyl halides is 3. The Balaban J connectivity index is 1.57. The number of carboxylic acid groups (broad SMARTS) is 1. The van der Waals surface area contributed by atoms with E-state index in [-0.39, 0.29) is 17.8 Å². The Morgan fingerprint density at radius 3 is 2.28 bits per heavy atom. The zero-order valence-electron chi connectivity index (χ0n) is 23.4. The molecule has 0 aromatic heterocycles. The maximum absolute atomic E-state index is 13.5. The highest BCUT2D eigenvalue weighted by molar-refractivity contribution is 6.02. The van der Waals surface area contributed by atoms with E-state index in [9.17, 15) is 32.7 Å². The number of halogens is 3. The fourth-order valence-electron chi connectivity index (χ4n) is 4.77. The molecule has 0 fully saturated rings. The van der Waals surface area contributed by atoms with Gasteiger partial charge >= 0.3 is 18.2 Å². The van der Waals surface area contributed by atoms with Gasteiger partial charge in [0, 0.05) is 16.9 Å². The van der Waals surface area contributed by atoms with Gasteiger partial charge in [0.1, 0.15) is 0 Å². The molecule has 1 atom stereocenters. The number of carboxylic acids is 1. The van der Waals surface area contributed by atoms with E-state index in [1.807, 2.05) is 12.1 Å². The summed E-state index contributed by atoms with van der Waals surface area (Å²) in [6.45, 7) is 1.08. The fourth-order valence-corrected chi connectivity index (χ4v) is 4.77. The van der Waals surface area contributed by atoms with Crippen LogP contribution < -0.4 is 15.5 Å². The van der Waals surface area contributed by atoms with Crippen LogP contribution in [-0.4, -0.2) is 40.8 Å². The highest BCUT2D eigenvalue weighted by Crippen LogP contribution is 2.33. The number of amides is 3. The number of hydrogen-bond donors (Lipinski definition) is 4. The second-order valence-electron chi connectivity index (χ2n) is 10.4. The quantitative estimate of drug-likeness (QED) is 0.229. The average Bonchev–Trinajstić information content (AvgIpc) is 2.98. The van der Waals surface area contributed by atoms with Crippen molar-refractivity contribution >= 4 is 34.9 Å². The van der Waals surface area contributed by atoms with E-state index in [2.05, 4.69) is 16.7 Å². The average molecular weight is 596 g/mol. The molecular formula is C32H32F3N3O5. The van der Waals surface area contributed by atoms with Gasteiger partial charge in [0.05, 0.1) is 18.7 Å². The fraction of sp³-hybridized carbons (Fsp3) is 0.281. The van der Waals surface area contributed by atoms with Crippen molar-refractivity contribution in [2.75, 3.05) is 16.8 Å². The van der Waals surface area contributed by atoms with E-state index in [1.54, 1.807) is 24.3 Å². The lowest BCUT2D eigenvalue weighted by Crippen LogP contribution is -2.36. The van der Waals surface area contributed by atoms with Crippen LogP contribution in [-0.2, 0) is 17.5 Å². The number of aryl methyl sites for hydroxylation is 1. The Labute approximate surface area is 246 Å². The minimum atomic E-state index is -4.57. The van der Waals surface area contributed by atoms with E-state index in [4.69, 9.17) is 5.11 Å². The number of rotatable bonds is 9. The number of nitrogens with zero attached hydrogens (tertiary/aromatic N) is 1. The molecule has 0 unspecified atom stereocenters. The molecule has 3 aromatic carbocycles. The van der Waals surface area contributed by atoms with Crippen molar-refractivity contribution in [2.45, 2.75) is 51.4 Å². The number of nitrogens with one attached hydrogen (secondary N) is 2. The molecule has 0 saturated carbocycles. The lowest BCUT2D eigenvalue weighted by molar-refractivity contribution is -0.146. The van der Waals surface area contributed by atoms with E-state index >= 15 is 0 Å². The molecule has 4 N–H and O–H groups in total. The van der Waals surface area contributed by atoms with Crippen molar-refractivity contribution in [1.82, 2.24) is 5.32 Å². The normalized spacial score (nSPS) is 13.9. The molecule has 1 aliphatic rings. The first-order valence-electron chi connectivity index (χ1n) is 13.8. The number of aliphatic hydroxyl groups is 1. The second-order valence-corrected chi connectivity index (χ2v) is 10.4. The van der Waals surface area contributed by atoms with Crippen LogP contribution in [0.2, 0.25) is 0 Å². The molecule has 226 valence electrons. The first kappa shape index (κ1) is 31.3. The summed E-state index contributed by atoms with van der Waals surface area (Å²) in [6.07, 6.45) is 0.121. The summed E-state index contributed by atoms with van der Waals surface area (Å²) in [5, 5.41) is 23.1. The van der Waals surface area contributed by atoms with E-state index in [1.165, 1.54) is 35.6 Å². The number of anilines is 2. The Kier molecular flexibility index (Phi) is 9.87. The smallest absolute Gasteiger partial charge is 0.416 e. The molecule has 43 heavy (non-hydrogen) atoms. The van der Waals surface area contributed by atoms with Crippen molar-refractivity contribution in [3.8, 4) is 0 Å². The van der Waals surface area contributed by atoms with Crippen molar-refractivity contribution in [3.63, 3.8) is 0 Å². The Morgan fingerprint density at radius 1 is 0.977 bits per heavy atom. The molecule has 8 nitrogen and oxygen atoms in total. The third kappa shape index (κ3) is 8.45. The van der Waals surface area contributed by atoms with Gasteiger partial charge in [-0.2, -0.15) is 13.2 Å². The number of aliphatic hydroxyl groups excluding tert-OH is 1. The predicted octanol–water partition coefficient (Wildman–Crippen LogP) is 6.39. The molecule has 0 aliphatic heterocycles. The molecule has 0 bridgehead atoms. The largest absolute Gasteiger partial charge is 0.479 e. The number of aliphatic carboxylic acids is 1. The van der Waals surface area contributed by atoms with E-state index in [0.717, 1.165) is 43.4 Å². The molecule has 0 heterocycles. The molecule has 11 heteroatoms. The standard InChI is InChI=1S/C32H32F3N3O5/c1-20-15-25(32(33,34)35)17-26(16-20)37-31(43)38(27-13-11-23(12-14-27)22-5-3-2-4-6-22)19-21-7-9-24(10-8-21)29(40)36-18-28(39)30(41)42/h5,7-17,28,39H,2-4,6,18-19H2,1H3,(H,36,40)(H,37,43)(H,41,42)/t28-/m1/s1. The van der Waals surface area contributed by atoms with Gasteiger partial charge in [0.2, 0.25) is 0 Å². The first-order valence-corrected chi connectivity index (χ1v) is 13.8. The minimum Gasteiger partial charge on any atom is -0.479 e. The van der Waals surface area contributed by atoms with Crippen molar-refractivity contribution < 1.29 is 37.8 Å². The molecule has 0 radical (unpaired) electrons. The maximum Gasteiger partial charge on any atom is 0.416 e. The van der Waals surface area contributed by atoms with Gasteiger partial charge in [-0.05, 0) is 97.3 Å². The summed E-state index contributed by atoms with van der Waals surface area (Å²) in [7, 11) is 0. The van der Waals surface area contributed by atoms with Crippen molar-refractivity contribution in [3.05, 3.63) is 101 Å². The van der Waals surface area contributed by atoms with Gasteiger partial charge in [-0.1, -0.05) is 30.3 Å². The zero-order valence-corrected chi connectivity index (χ0v) is 23.4. The number of allylic oxidation sites excluding steroid dienone is 2. The molecule has 0 spiro atoms. The Bertz CT molecular complexity index is 1500. The van der Waals surface area contributed by atoms with Crippen LogP contribution in [0, 0.1) is 6.92 Å². The van der Waals surface area contributed by atoms with Crippen molar-refractivity contribution in [1.29, 1.82) is 0 Å². The van der Waals surface area contributed by atoms with Gasteiger partial charge < -0.3 is 20.8 Å². The summed E-state index contributed by atoms with van der Waals surface area (Å²) >= 11 is 0. The number of urea groups is 1. The molecule has 3 aromatic rings. The van der Waals surface area contributed by atoms with Crippen LogP contribution in [0.1, 0.15) is 58.3 Å². The van der Waals surface area contributed by atoms with Gasteiger partial charge in [0.25, 0.3) is 5.91 Å². The second kappa shape index (κ2) is 13.6. The summed E-state index contributed by atoms with van der Waals surface area (Å²) < 4.78 is 40.2. The lowest BCUT2D eigenvalue weighted by Gasteiger charge is -2.24. The molecule has 0 saturated heterocycles. The van der Waals surface area contributed by atoms with Gasteiger partial charge in [0.15, 0.2) is 6.10 Å². The van der Waals surface area contributed by atoms with Crippen LogP contribution in [0.3, 0.4) is 0 Å². The molecule has 1 aliphatic carbocycles. The maximum atomic E-state index is 13.5. The summed E-state index contributed by atoms with van der Waals surface area (Å²) in [5.74, 6) is -2.05. The number of carbonyl (C=O) groups is 3. The van der Waals surface area contributed by atoms with Crippen molar-refractivity contribution in [2.24, 2.45) is 0 Å². The monoisotopic (exact) mass is 595 g/mol. The van der Waals surface area contributed by atoms with Crippen LogP contribution in [0.5, 0.6) is 0 Å². The highest BCUT2D eigenvalue weighted by atomic mass is 19.4. The number of benzene rings is 3. The predicted molar refractivity (Wildman–Crippen MR) is 157 cm³/mol. The zero-order chi connectivity index (χ0) is 31.1. The lowest BCUT2D eigenvalue weighted by atomic mass is 9.93. The van der Waals surface area contributed by atoms with Crippen LogP contribution in [0.4, 0.5) is 29.3 Å². The van der Waals surface area contributed by atoms with Gasteiger partial charge in [-0.3, -0.25) is 9.69 Å². The summed E-state index contributed by atoms with van der Waals surface area (Å²) in [6, 6.07) is 16.3. The summed E-state index contributed by atoms with van der Waals surface area (Å²) in [5.41, 5.74) is 3.10. The van der Waals surface area contributed by atoms with Crippen LogP contribution >= 0.6 is 0 Å². The van der Waals surface area contributed by atoms with E-state index < -0.39 is 42.3 Å². The molecule has 4 rings (SSSR count). The van der Waals surface area contributed by atoms with Gasteiger partial charge in [-0.15, -0.1) is 0 Å². The molecular weight excluding hydrogens is 563 g/mol. The SMILES string of the molecule is Cc1cc(NC(=O)N(Cc2ccc(C(=O)NC[C@@H](O)C(=O)O)cc2)c2ccc(C3=CCCCC3)cc2)cc(C(F)(F)F)c1. The number of hydrogen-bond acceptors (Lipinski definition) is 4. The first-order chi connectivity index (χ1) is 20.4. The minimum absolute atomic E-state index is 0.00173. The topological polar surface area (TPSA) is 119 Å². The Morgan fingerprint density at radius 2 is 1.67 bits per heavy atom. The Hall–Kier alpha value is -4.64. The third-order valence-corrected chi connectivity index (χ3v) is 7.04. The van der Waals surface area contributed by atoms with Crippen LogP contribution in [0.15, 0.2) is 72.8 Å².